The molecule has 3 heteroatoms. The maximum absolute atomic E-state index is 11.5. The second-order valence-corrected chi connectivity index (χ2v) is 3.93. The van der Waals surface area contributed by atoms with E-state index >= 15 is 0 Å². The van der Waals surface area contributed by atoms with Crippen LogP contribution in [0.2, 0.25) is 0 Å². The van der Waals surface area contributed by atoms with Gasteiger partial charge in [-0.05, 0) is 24.5 Å². The van der Waals surface area contributed by atoms with Crippen LogP contribution in [-0.2, 0) is 9.53 Å². The van der Waals surface area contributed by atoms with Gasteiger partial charge in [0.2, 0.25) is 5.91 Å². The summed E-state index contributed by atoms with van der Waals surface area (Å²) >= 11 is 0. The number of hydrogen-bond acceptors (Lipinski definition) is 2. The zero-order valence-electron chi connectivity index (χ0n) is 10.1. The Morgan fingerprint density at radius 2 is 2.06 bits per heavy atom. The lowest BCUT2D eigenvalue weighted by molar-refractivity contribution is -0.120. The summed E-state index contributed by atoms with van der Waals surface area (Å²) in [7, 11) is 0. The SMILES string of the molecule is CCOCC(=O)Nc1ccccc1C(C)C. The van der Waals surface area contributed by atoms with Crippen LogP contribution in [0.15, 0.2) is 24.3 Å². The van der Waals surface area contributed by atoms with Crippen molar-refractivity contribution in [3.63, 3.8) is 0 Å². The number of carbonyl (C=O) groups excluding carboxylic acids is 1. The monoisotopic (exact) mass is 221 g/mol. The highest BCUT2D eigenvalue weighted by Crippen LogP contribution is 2.23. The summed E-state index contributed by atoms with van der Waals surface area (Å²) in [5.74, 6) is 0.290. The van der Waals surface area contributed by atoms with Gasteiger partial charge in [0.25, 0.3) is 0 Å². The molecular formula is C13H19NO2. The van der Waals surface area contributed by atoms with Crippen molar-refractivity contribution in [2.45, 2.75) is 26.7 Å². The Morgan fingerprint density at radius 3 is 2.69 bits per heavy atom. The topological polar surface area (TPSA) is 38.3 Å². The maximum Gasteiger partial charge on any atom is 0.250 e. The molecule has 1 aromatic rings. The van der Waals surface area contributed by atoms with Gasteiger partial charge in [-0.15, -0.1) is 0 Å². The van der Waals surface area contributed by atoms with Crippen molar-refractivity contribution in [1.29, 1.82) is 0 Å². The summed E-state index contributed by atoms with van der Waals surface area (Å²) in [4.78, 5) is 11.5. The van der Waals surface area contributed by atoms with Gasteiger partial charge in [-0.3, -0.25) is 4.79 Å². The number of hydrogen-bond donors (Lipinski definition) is 1. The number of ether oxygens (including phenoxy) is 1. The Morgan fingerprint density at radius 1 is 1.38 bits per heavy atom. The first-order valence-corrected chi connectivity index (χ1v) is 5.61. The van der Waals surface area contributed by atoms with Gasteiger partial charge in [-0.25, -0.2) is 0 Å². The van der Waals surface area contributed by atoms with Crippen LogP contribution < -0.4 is 5.32 Å². The second-order valence-electron chi connectivity index (χ2n) is 3.93. The molecule has 0 aromatic heterocycles. The van der Waals surface area contributed by atoms with Crippen LogP contribution in [0.3, 0.4) is 0 Å². The molecule has 1 aromatic carbocycles. The highest BCUT2D eigenvalue weighted by molar-refractivity contribution is 5.92. The molecule has 0 fully saturated rings. The summed E-state index contributed by atoms with van der Waals surface area (Å²) in [5.41, 5.74) is 2.02. The van der Waals surface area contributed by atoms with Crippen LogP contribution in [-0.4, -0.2) is 19.1 Å². The van der Waals surface area contributed by atoms with Crippen LogP contribution in [0.1, 0.15) is 32.3 Å². The number of anilines is 1. The van der Waals surface area contributed by atoms with E-state index in [9.17, 15) is 4.79 Å². The average molecular weight is 221 g/mol. The van der Waals surface area contributed by atoms with Gasteiger partial charge < -0.3 is 10.1 Å². The normalized spacial score (nSPS) is 10.5. The average Bonchev–Trinajstić information content (AvgIpc) is 2.27. The molecule has 1 amide bonds. The fourth-order valence-corrected chi connectivity index (χ4v) is 1.50. The summed E-state index contributed by atoms with van der Waals surface area (Å²) in [6.45, 7) is 6.75. The first-order chi connectivity index (χ1) is 7.65. The molecule has 0 heterocycles. The van der Waals surface area contributed by atoms with Crippen molar-refractivity contribution in [2.24, 2.45) is 0 Å². The molecule has 3 nitrogen and oxygen atoms in total. The zero-order valence-corrected chi connectivity index (χ0v) is 10.1. The van der Waals surface area contributed by atoms with Crippen molar-refractivity contribution < 1.29 is 9.53 Å². The molecule has 0 aliphatic carbocycles. The van der Waals surface area contributed by atoms with E-state index in [0.29, 0.717) is 12.5 Å². The van der Waals surface area contributed by atoms with Crippen LogP contribution in [0, 0.1) is 0 Å². The van der Waals surface area contributed by atoms with Crippen molar-refractivity contribution in [3.8, 4) is 0 Å². The molecule has 0 spiro atoms. The standard InChI is InChI=1S/C13H19NO2/c1-4-16-9-13(15)14-12-8-6-5-7-11(12)10(2)3/h5-8,10H,4,9H2,1-3H3,(H,14,15). The predicted molar refractivity (Wildman–Crippen MR) is 65.7 cm³/mol. The molecular weight excluding hydrogens is 202 g/mol. The number of rotatable bonds is 5. The summed E-state index contributed by atoms with van der Waals surface area (Å²) in [6.07, 6.45) is 0. The van der Waals surface area contributed by atoms with Gasteiger partial charge in [0, 0.05) is 12.3 Å². The Balaban J connectivity index is 2.69. The Kier molecular flexibility index (Phi) is 4.99. The number of nitrogens with one attached hydrogen (secondary N) is 1. The zero-order chi connectivity index (χ0) is 12.0. The highest BCUT2D eigenvalue weighted by atomic mass is 16.5. The molecule has 0 saturated heterocycles. The number of para-hydroxylation sites is 1. The molecule has 0 bridgehead atoms. The lowest BCUT2D eigenvalue weighted by Gasteiger charge is -2.13. The van der Waals surface area contributed by atoms with Crippen LogP contribution >= 0.6 is 0 Å². The van der Waals surface area contributed by atoms with Gasteiger partial charge in [0.1, 0.15) is 6.61 Å². The van der Waals surface area contributed by atoms with E-state index in [2.05, 4.69) is 19.2 Å². The van der Waals surface area contributed by atoms with Crippen molar-refractivity contribution >= 4 is 11.6 Å². The van der Waals surface area contributed by atoms with Crippen LogP contribution in [0.4, 0.5) is 5.69 Å². The highest BCUT2D eigenvalue weighted by Gasteiger charge is 2.08. The largest absolute Gasteiger partial charge is 0.372 e. The quantitative estimate of drug-likeness (QED) is 0.830. The van der Waals surface area contributed by atoms with Gasteiger partial charge in [0.05, 0.1) is 0 Å². The summed E-state index contributed by atoms with van der Waals surface area (Å²) in [6, 6.07) is 7.84. The summed E-state index contributed by atoms with van der Waals surface area (Å²) in [5, 5.41) is 2.86. The molecule has 0 unspecified atom stereocenters. The first-order valence-electron chi connectivity index (χ1n) is 5.61. The molecule has 1 N–H and O–H groups in total. The fourth-order valence-electron chi connectivity index (χ4n) is 1.50. The van der Waals surface area contributed by atoms with Gasteiger partial charge >= 0.3 is 0 Å². The molecule has 88 valence electrons. The van der Waals surface area contributed by atoms with Crippen LogP contribution in [0.5, 0.6) is 0 Å². The molecule has 0 aliphatic rings. The van der Waals surface area contributed by atoms with E-state index in [-0.39, 0.29) is 12.5 Å². The molecule has 0 saturated carbocycles. The van der Waals surface area contributed by atoms with E-state index in [4.69, 9.17) is 4.74 Å². The molecule has 1 rings (SSSR count). The van der Waals surface area contributed by atoms with Crippen LogP contribution in [0.25, 0.3) is 0 Å². The minimum atomic E-state index is -0.102. The minimum Gasteiger partial charge on any atom is -0.372 e. The maximum atomic E-state index is 11.5. The smallest absolute Gasteiger partial charge is 0.250 e. The van der Waals surface area contributed by atoms with E-state index in [0.717, 1.165) is 11.3 Å². The van der Waals surface area contributed by atoms with E-state index in [1.54, 1.807) is 0 Å². The van der Waals surface area contributed by atoms with Gasteiger partial charge in [-0.1, -0.05) is 32.0 Å². The Bertz CT molecular complexity index is 348. The summed E-state index contributed by atoms with van der Waals surface area (Å²) < 4.78 is 5.06. The lowest BCUT2D eigenvalue weighted by atomic mass is 10.0. The molecule has 16 heavy (non-hydrogen) atoms. The van der Waals surface area contributed by atoms with E-state index in [1.807, 2.05) is 31.2 Å². The van der Waals surface area contributed by atoms with Crippen molar-refractivity contribution in [2.75, 3.05) is 18.5 Å². The molecule has 0 radical (unpaired) electrons. The van der Waals surface area contributed by atoms with Crippen molar-refractivity contribution in [1.82, 2.24) is 0 Å². The number of benzene rings is 1. The molecule has 0 aliphatic heterocycles. The van der Waals surface area contributed by atoms with E-state index in [1.165, 1.54) is 0 Å². The van der Waals surface area contributed by atoms with Gasteiger partial charge in [0.15, 0.2) is 0 Å². The number of carbonyl (C=O) groups is 1. The van der Waals surface area contributed by atoms with E-state index < -0.39 is 0 Å². The third kappa shape index (κ3) is 3.66. The second kappa shape index (κ2) is 6.28. The van der Waals surface area contributed by atoms with Gasteiger partial charge in [-0.2, -0.15) is 0 Å². The lowest BCUT2D eigenvalue weighted by Crippen LogP contribution is -2.19. The third-order valence-corrected chi connectivity index (χ3v) is 2.29. The Labute approximate surface area is 96.8 Å². The minimum absolute atomic E-state index is 0.102. The third-order valence-electron chi connectivity index (χ3n) is 2.29. The first kappa shape index (κ1) is 12.7. The predicted octanol–water partition coefficient (Wildman–Crippen LogP) is 2.79. The fraction of sp³-hybridized carbons (Fsp3) is 0.462. The Hall–Kier alpha value is -1.35. The van der Waals surface area contributed by atoms with Crippen molar-refractivity contribution in [3.05, 3.63) is 29.8 Å². The molecule has 0 atom stereocenters. The number of amides is 1.